The van der Waals surface area contributed by atoms with E-state index < -0.39 is 5.91 Å². The van der Waals surface area contributed by atoms with Gasteiger partial charge >= 0.3 is 0 Å². The topological polar surface area (TPSA) is 76.2 Å². The number of nitrogens with zero attached hydrogens (tertiary/aromatic N) is 1. The number of hydrogen-bond donors (Lipinski definition) is 2. The van der Waals surface area contributed by atoms with E-state index in [4.69, 9.17) is 9.47 Å². The van der Waals surface area contributed by atoms with Gasteiger partial charge in [0.25, 0.3) is 5.91 Å². The molecule has 2 N–H and O–H groups in total. The number of rotatable bonds is 7. The monoisotopic (exact) mass is 383 g/mol. The molecule has 3 rings (SSSR count). The lowest BCUT2D eigenvalue weighted by Gasteiger charge is -2.14. The molecule has 2 aromatic carbocycles. The third-order valence-corrected chi connectivity index (χ3v) is 4.33. The van der Waals surface area contributed by atoms with Gasteiger partial charge in [-0.3, -0.25) is 9.89 Å². The molecule has 146 valence electrons. The molecule has 0 aliphatic heterocycles. The number of benzene rings is 2. The maximum atomic E-state index is 13.7. The lowest BCUT2D eigenvalue weighted by Crippen LogP contribution is -2.16. The number of carbonyl (C=O) groups excluding carboxylic acids is 1. The summed E-state index contributed by atoms with van der Waals surface area (Å²) in [6, 6.07) is 11.2. The van der Waals surface area contributed by atoms with Gasteiger partial charge < -0.3 is 14.8 Å². The Balaban J connectivity index is 2.05. The number of nitrogens with one attached hydrogen (secondary N) is 2. The Morgan fingerprint density at radius 2 is 1.82 bits per heavy atom. The quantitative estimate of drug-likeness (QED) is 0.632. The largest absolute Gasteiger partial charge is 0.496 e. The Bertz CT molecular complexity index is 963. The summed E-state index contributed by atoms with van der Waals surface area (Å²) in [6.07, 6.45) is 1.53. The summed E-state index contributed by atoms with van der Waals surface area (Å²) in [4.78, 5) is 13.1. The minimum Gasteiger partial charge on any atom is -0.496 e. The van der Waals surface area contributed by atoms with Crippen LogP contribution in [0.15, 0.2) is 42.5 Å². The second kappa shape index (κ2) is 8.56. The Hall–Kier alpha value is -3.35. The SMILES string of the molecule is CCCc1[nH]nc(-c2cccc(F)c2)c1NC(=O)c1c(OC)cccc1OC. The van der Waals surface area contributed by atoms with Gasteiger partial charge in [0.05, 0.1) is 25.6 Å². The summed E-state index contributed by atoms with van der Waals surface area (Å²) < 4.78 is 24.4. The molecule has 1 amide bonds. The van der Waals surface area contributed by atoms with Crippen molar-refractivity contribution in [2.24, 2.45) is 0 Å². The molecule has 0 aliphatic carbocycles. The predicted molar refractivity (Wildman–Crippen MR) is 105 cm³/mol. The molecule has 1 heterocycles. The second-order valence-corrected chi connectivity index (χ2v) is 6.18. The predicted octanol–water partition coefficient (Wildman–Crippen LogP) is 4.44. The molecule has 28 heavy (non-hydrogen) atoms. The number of ether oxygens (including phenoxy) is 2. The van der Waals surface area contributed by atoms with Crippen LogP contribution < -0.4 is 14.8 Å². The van der Waals surface area contributed by atoms with Crippen LogP contribution in [0.25, 0.3) is 11.3 Å². The number of halogens is 1. The van der Waals surface area contributed by atoms with E-state index in [1.165, 1.54) is 26.4 Å². The number of aromatic amines is 1. The smallest absolute Gasteiger partial charge is 0.263 e. The third-order valence-electron chi connectivity index (χ3n) is 4.33. The molecule has 1 aromatic heterocycles. The summed E-state index contributed by atoms with van der Waals surface area (Å²) in [7, 11) is 2.98. The number of methoxy groups -OCH3 is 2. The molecular weight excluding hydrogens is 361 g/mol. The van der Waals surface area contributed by atoms with Crippen LogP contribution in [0.5, 0.6) is 11.5 Å². The molecule has 0 bridgehead atoms. The fourth-order valence-corrected chi connectivity index (χ4v) is 3.04. The highest BCUT2D eigenvalue weighted by molar-refractivity contribution is 6.09. The molecular formula is C21H22FN3O3. The van der Waals surface area contributed by atoms with Gasteiger partial charge in [0.15, 0.2) is 0 Å². The van der Waals surface area contributed by atoms with Crippen LogP contribution in [0.3, 0.4) is 0 Å². The van der Waals surface area contributed by atoms with Crippen LogP contribution in [0.2, 0.25) is 0 Å². The highest BCUT2D eigenvalue weighted by Crippen LogP contribution is 2.33. The molecule has 0 fully saturated rings. The van der Waals surface area contributed by atoms with Crippen LogP contribution >= 0.6 is 0 Å². The zero-order valence-corrected chi connectivity index (χ0v) is 16.0. The van der Waals surface area contributed by atoms with Gasteiger partial charge in [-0.05, 0) is 30.7 Å². The first-order valence-electron chi connectivity index (χ1n) is 8.94. The average molecular weight is 383 g/mol. The summed E-state index contributed by atoms with van der Waals surface area (Å²) in [5, 5.41) is 10.2. The third kappa shape index (κ3) is 3.83. The van der Waals surface area contributed by atoms with E-state index in [1.54, 1.807) is 30.3 Å². The van der Waals surface area contributed by atoms with Gasteiger partial charge in [0.2, 0.25) is 0 Å². The van der Waals surface area contributed by atoms with Gasteiger partial charge in [0, 0.05) is 5.56 Å². The average Bonchev–Trinajstić information content (AvgIpc) is 3.09. The standard InChI is InChI=1S/C21H22FN3O3/c1-4-7-15-20(19(25-24-15)13-8-5-9-14(22)12-13)23-21(26)18-16(27-2)10-6-11-17(18)28-3/h5-6,8-12H,4,7H2,1-3H3,(H,23,26)(H,24,25). The summed E-state index contributed by atoms with van der Waals surface area (Å²) in [6.45, 7) is 2.03. The van der Waals surface area contributed by atoms with Crippen molar-refractivity contribution in [2.45, 2.75) is 19.8 Å². The van der Waals surface area contributed by atoms with E-state index >= 15 is 0 Å². The van der Waals surface area contributed by atoms with Crippen LogP contribution in [0.4, 0.5) is 10.1 Å². The van der Waals surface area contributed by atoms with E-state index in [-0.39, 0.29) is 11.4 Å². The number of carbonyl (C=O) groups is 1. The van der Waals surface area contributed by atoms with E-state index in [0.29, 0.717) is 34.9 Å². The molecule has 0 aliphatic rings. The van der Waals surface area contributed by atoms with E-state index in [9.17, 15) is 9.18 Å². The van der Waals surface area contributed by atoms with Crippen LogP contribution in [0, 0.1) is 5.82 Å². The lowest BCUT2D eigenvalue weighted by molar-refractivity contribution is 0.102. The number of aryl methyl sites for hydroxylation is 1. The second-order valence-electron chi connectivity index (χ2n) is 6.18. The molecule has 0 saturated carbocycles. The maximum absolute atomic E-state index is 13.7. The number of aromatic nitrogens is 2. The van der Waals surface area contributed by atoms with Crippen molar-refractivity contribution in [1.82, 2.24) is 10.2 Å². The number of anilines is 1. The van der Waals surface area contributed by atoms with Crippen molar-refractivity contribution in [3.8, 4) is 22.8 Å². The lowest BCUT2D eigenvalue weighted by atomic mass is 10.1. The molecule has 0 spiro atoms. The molecule has 3 aromatic rings. The van der Waals surface area contributed by atoms with Crippen molar-refractivity contribution >= 4 is 11.6 Å². The molecule has 7 heteroatoms. The van der Waals surface area contributed by atoms with Gasteiger partial charge in [-0.2, -0.15) is 5.10 Å². The van der Waals surface area contributed by atoms with Crippen LogP contribution in [-0.2, 0) is 6.42 Å². The Kier molecular flexibility index (Phi) is 5.93. The fourth-order valence-electron chi connectivity index (χ4n) is 3.04. The molecule has 6 nitrogen and oxygen atoms in total. The number of amides is 1. The first-order chi connectivity index (χ1) is 13.6. The Morgan fingerprint density at radius 1 is 1.14 bits per heavy atom. The fraction of sp³-hybridized carbons (Fsp3) is 0.238. The Labute approximate surface area is 162 Å². The molecule has 0 radical (unpaired) electrons. The summed E-state index contributed by atoms with van der Waals surface area (Å²) in [5.41, 5.74) is 2.61. The van der Waals surface area contributed by atoms with Gasteiger partial charge in [0.1, 0.15) is 28.6 Å². The normalized spacial score (nSPS) is 10.6. The van der Waals surface area contributed by atoms with Crippen molar-refractivity contribution in [3.63, 3.8) is 0 Å². The first kappa shape index (κ1) is 19.4. The van der Waals surface area contributed by atoms with E-state index in [2.05, 4.69) is 15.5 Å². The van der Waals surface area contributed by atoms with Gasteiger partial charge in [-0.15, -0.1) is 0 Å². The highest BCUT2D eigenvalue weighted by Gasteiger charge is 2.22. The van der Waals surface area contributed by atoms with E-state index in [1.807, 2.05) is 6.92 Å². The van der Waals surface area contributed by atoms with Crippen molar-refractivity contribution in [3.05, 3.63) is 59.5 Å². The zero-order chi connectivity index (χ0) is 20.1. The first-order valence-corrected chi connectivity index (χ1v) is 8.94. The number of H-pyrrole nitrogens is 1. The minimum atomic E-state index is -0.397. The highest BCUT2D eigenvalue weighted by atomic mass is 19.1. The molecule has 0 unspecified atom stereocenters. The van der Waals surface area contributed by atoms with Crippen LogP contribution in [-0.4, -0.2) is 30.3 Å². The molecule has 0 atom stereocenters. The maximum Gasteiger partial charge on any atom is 0.263 e. The van der Waals surface area contributed by atoms with Crippen molar-refractivity contribution in [1.29, 1.82) is 0 Å². The van der Waals surface area contributed by atoms with E-state index in [0.717, 1.165) is 12.1 Å². The summed E-state index contributed by atoms with van der Waals surface area (Å²) >= 11 is 0. The zero-order valence-electron chi connectivity index (χ0n) is 16.0. The summed E-state index contributed by atoms with van der Waals surface area (Å²) in [5.74, 6) is 0.0151. The molecule has 0 saturated heterocycles. The van der Waals surface area contributed by atoms with Crippen LogP contribution in [0.1, 0.15) is 29.4 Å². The van der Waals surface area contributed by atoms with Gasteiger partial charge in [-0.25, -0.2) is 4.39 Å². The van der Waals surface area contributed by atoms with Crippen molar-refractivity contribution < 1.29 is 18.7 Å². The minimum absolute atomic E-state index is 0.279. The van der Waals surface area contributed by atoms with Crippen molar-refractivity contribution in [2.75, 3.05) is 19.5 Å². The number of hydrogen-bond acceptors (Lipinski definition) is 4. The van der Waals surface area contributed by atoms with Gasteiger partial charge in [-0.1, -0.05) is 31.5 Å². The Morgan fingerprint density at radius 3 is 2.43 bits per heavy atom.